The zero-order chi connectivity index (χ0) is 45.5. The monoisotopic (exact) mass is 898 g/mol. The number of amidine groups is 1. The van der Waals surface area contributed by atoms with Gasteiger partial charge in [-0.2, -0.15) is 25.2 Å². The number of benzene rings is 3. The van der Waals surface area contributed by atoms with E-state index in [2.05, 4.69) is 52.2 Å². The van der Waals surface area contributed by atoms with Crippen molar-refractivity contribution in [2.75, 3.05) is 38.4 Å². The van der Waals surface area contributed by atoms with Crippen LogP contribution in [-0.2, 0) is 34.8 Å². The number of aromatic amines is 1. The van der Waals surface area contributed by atoms with Crippen LogP contribution in [0.4, 0.5) is 15.3 Å². The van der Waals surface area contributed by atoms with E-state index in [4.69, 9.17) is 4.74 Å². The number of carbonyl (C=O) groups excluding carboxylic acids is 4. The standard InChI is InChI=1S/C45H54N8O8S2/c1-27(2)39(50-43(56)60-6)41(54)46-21-9-23-62-26-38-47-25-35(48-38)32-17-15-30(16-18-32)29-11-13-31(14-12-29)33-19-20-37-34(24-33)49-40(52-63(37,58)59)36-10-8-22-53(36)42(55)45(5,28(3)4)51-44(57)61-7/h11-20,24-25,27-28,36H,8-10,21-23,26H2,1-7H3,(H,46,54)(H,47,48)(H,49,52)(H,51,57)/t36-,45-/m0/s1. The minimum atomic E-state index is -4.07. The Kier molecular flexibility index (Phi) is 14.8. The van der Waals surface area contributed by atoms with Crippen molar-refractivity contribution in [2.45, 2.75) is 76.1 Å². The number of sulfonamides is 1. The number of alkyl carbamates (subject to hydrolysis) is 1. The number of likely N-dealkylation sites (tertiary alicyclic amines) is 1. The zero-order valence-corrected chi connectivity index (χ0v) is 38.1. The van der Waals surface area contributed by atoms with E-state index in [1.165, 1.54) is 14.2 Å². The summed E-state index contributed by atoms with van der Waals surface area (Å²) >= 11 is 1.70. The summed E-state index contributed by atoms with van der Waals surface area (Å²) < 4.78 is 40.5. The van der Waals surface area contributed by atoms with Gasteiger partial charge in [0.05, 0.1) is 43.6 Å². The summed E-state index contributed by atoms with van der Waals surface area (Å²) in [4.78, 5) is 63.5. The lowest BCUT2D eigenvalue weighted by molar-refractivity contribution is -0.139. The normalized spacial score (nSPS) is 16.7. The maximum Gasteiger partial charge on any atom is 0.433 e. The molecule has 0 saturated carbocycles. The van der Waals surface area contributed by atoms with Crippen molar-refractivity contribution in [3.63, 3.8) is 0 Å². The zero-order valence-electron chi connectivity index (χ0n) is 36.5. The van der Waals surface area contributed by atoms with Gasteiger partial charge in [0.25, 0.3) is 15.9 Å². The van der Waals surface area contributed by atoms with Gasteiger partial charge in [0, 0.05) is 19.0 Å². The number of thioether (sulfide) groups is 1. The molecule has 3 aromatic carbocycles. The van der Waals surface area contributed by atoms with E-state index in [0.717, 1.165) is 51.5 Å². The van der Waals surface area contributed by atoms with Crippen molar-refractivity contribution in [3.05, 3.63) is 78.8 Å². The number of imidazole rings is 1. The second kappa shape index (κ2) is 20.0. The average Bonchev–Trinajstić information content (AvgIpc) is 3.96. The number of rotatable bonds is 15. The maximum absolute atomic E-state index is 14.0. The lowest BCUT2D eigenvalue weighted by atomic mass is 9.86. The van der Waals surface area contributed by atoms with Gasteiger partial charge in [0.15, 0.2) is 0 Å². The van der Waals surface area contributed by atoms with Gasteiger partial charge in [0.2, 0.25) is 5.91 Å². The quantitative estimate of drug-likeness (QED) is 0.0687. The van der Waals surface area contributed by atoms with E-state index in [-0.39, 0.29) is 40.1 Å². The first-order chi connectivity index (χ1) is 30.0. The Labute approximate surface area is 372 Å². The topological polar surface area (TPSA) is 214 Å². The summed E-state index contributed by atoms with van der Waals surface area (Å²) in [5, 5.41) is 8.75. The Bertz CT molecular complexity index is 2500. The third-order valence-electron chi connectivity index (χ3n) is 11.2. The molecular formula is C45H54N8O8S2. The Balaban J connectivity index is 1.05. The van der Waals surface area contributed by atoms with Gasteiger partial charge in [-0.05, 0) is 77.8 Å². The fourth-order valence-corrected chi connectivity index (χ4v) is 9.30. The van der Waals surface area contributed by atoms with Crippen LogP contribution in [0.5, 0.6) is 0 Å². The number of aliphatic imine (C=N–C) groups is 1. The van der Waals surface area contributed by atoms with Crippen LogP contribution in [0.1, 0.15) is 59.7 Å². The average molecular weight is 899 g/mol. The first-order valence-corrected chi connectivity index (χ1v) is 23.3. The van der Waals surface area contributed by atoms with Crippen molar-refractivity contribution >= 4 is 63.0 Å². The highest BCUT2D eigenvalue weighted by Gasteiger charge is 2.46. The number of amides is 4. The summed E-state index contributed by atoms with van der Waals surface area (Å²) in [6.07, 6.45) is 2.18. The minimum absolute atomic E-state index is 0.0505. The van der Waals surface area contributed by atoms with Gasteiger partial charge >= 0.3 is 12.2 Å². The number of nitrogens with one attached hydrogen (secondary N) is 4. The molecule has 63 heavy (non-hydrogen) atoms. The molecule has 4 aromatic rings. The molecule has 18 heteroatoms. The Morgan fingerprint density at radius 2 is 1.57 bits per heavy atom. The van der Waals surface area contributed by atoms with Crippen molar-refractivity contribution in [3.8, 4) is 33.5 Å². The highest BCUT2D eigenvalue weighted by atomic mass is 32.2. The SMILES string of the molecule is COC(=O)N=C(C(=O)NCCCSCc1ncc(-c2ccc(-c3ccc(-c4ccc5c(c4)NC([C@@H]4CCCN4C(=O)[C@@](C)(NC(=O)OC)C(C)C)=NS5(=O)=O)cc3)cc2)[nH]1)C(C)C. The third kappa shape index (κ3) is 10.8. The minimum Gasteiger partial charge on any atom is -0.453 e. The first-order valence-electron chi connectivity index (χ1n) is 20.7. The van der Waals surface area contributed by atoms with Crippen LogP contribution >= 0.6 is 11.8 Å². The van der Waals surface area contributed by atoms with Gasteiger partial charge < -0.3 is 35.3 Å². The summed E-state index contributed by atoms with van der Waals surface area (Å²) in [5.41, 5.74) is 4.85. The number of carbonyl (C=O) groups is 4. The summed E-state index contributed by atoms with van der Waals surface area (Å²) in [7, 11) is -1.61. The number of fused-ring (bicyclic) bond motifs is 1. The molecular weight excluding hydrogens is 845 g/mol. The molecule has 334 valence electrons. The van der Waals surface area contributed by atoms with Gasteiger partial charge in [-0.15, -0.1) is 4.40 Å². The molecule has 6 rings (SSSR count). The van der Waals surface area contributed by atoms with Crippen molar-refractivity contribution < 1.29 is 37.1 Å². The van der Waals surface area contributed by atoms with Crippen LogP contribution in [0, 0.1) is 11.8 Å². The predicted octanol–water partition coefficient (Wildman–Crippen LogP) is 7.29. The molecule has 0 unspecified atom stereocenters. The Morgan fingerprint density at radius 1 is 0.937 bits per heavy atom. The number of methoxy groups -OCH3 is 2. The largest absolute Gasteiger partial charge is 0.453 e. The predicted molar refractivity (Wildman–Crippen MR) is 245 cm³/mol. The second-order valence-corrected chi connectivity index (χ2v) is 18.8. The second-order valence-electron chi connectivity index (χ2n) is 16.1. The number of ether oxygens (including phenoxy) is 2. The van der Waals surface area contributed by atoms with Crippen LogP contribution < -0.4 is 16.0 Å². The molecule has 1 saturated heterocycles. The van der Waals surface area contributed by atoms with Crippen molar-refractivity contribution in [1.29, 1.82) is 0 Å². The van der Waals surface area contributed by atoms with Gasteiger partial charge in [-0.25, -0.2) is 14.6 Å². The van der Waals surface area contributed by atoms with E-state index in [9.17, 15) is 27.6 Å². The van der Waals surface area contributed by atoms with Crippen LogP contribution in [0.2, 0.25) is 0 Å². The van der Waals surface area contributed by atoms with E-state index in [1.807, 2.05) is 56.4 Å². The summed E-state index contributed by atoms with van der Waals surface area (Å²) in [5.74, 6) is 1.28. The van der Waals surface area contributed by atoms with E-state index in [0.29, 0.717) is 37.4 Å². The van der Waals surface area contributed by atoms with E-state index in [1.54, 1.807) is 55.6 Å². The lowest BCUT2D eigenvalue weighted by Crippen LogP contribution is -2.62. The van der Waals surface area contributed by atoms with Crippen molar-refractivity contribution in [2.24, 2.45) is 21.2 Å². The summed E-state index contributed by atoms with van der Waals surface area (Å²) in [6.45, 7) is 9.73. The lowest BCUT2D eigenvalue weighted by Gasteiger charge is -2.38. The fourth-order valence-electron chi connectivity index (χ4n) is 7.32. The third-order valence-corrected chi connectivity index (χ3v) is 13.6. The molecule has 2 aliphatic heterocycles. The molecule has 4 amide bonds. The molecule has 0 radical (unpaired) electrons. The highest BCUT2D eigenvalue weighted by molar-refractivity contribution is 7.98. The van der Waals surface area contributed by atoms with E-state index < -0.39 is 33.8 Å². The van der Waals surface area contributed by atoms with Crippen LogP contribution in [-0.4, -0.2) is 103 Å². The number of nitrogens with zero attached hydrogens (tertiary/aromatic N) is 4. The molecule has 2 atom stereocenters. The molecule has 0 spiro atoms. The number of anilines is 1. The van der Waals surface area contributed by atoms with Gasteiger partial charge in [-0.1, -0.05) is 82.3 Å². The molecule has 16 nitrogen and oxygen atoms in total. The molecule has 2 aliphatic rings. The molecule has 3 heterocycles. The Morgan fingerprint density at radius 3 is 2.19 bits per heavy atom. The number of aromatic nitrogens is 2. The highest BCUT2D eigenvalue weighted by Crippen LogP contribution is 2.36. The van der Waals surface area contributed by atoms with E-state index >= 15 is 0 Å². The molecule has 0 aliphatic carbocycles. The number of hydrogen-bond donors (Lipinski definition) is 4. The van der Waals surface area contributed by atoms with Crippen LogP contribution in [0.3, 0.4) is 0 Å². The first kappa shape index (κ1) is 46.5. The summed E-state index contributed by atoms with van der Waals surface area (Å²) in [6, 6.07) is 20.7. The van der Waals surface area contributed by atoms with Gasteiger partial charge in [-0.3, -0.25) is 9.59 Å². The molecule has 0 bridgehead atoms. The Hall–Kier alpha value is -6.01. The number of hydrogen-bond acceptors (Lipinski definition) is 11. The van der Waals surface area contributed by atoms with Crippen molar-refractivity contribution in [1.82, 2.24) is 25.5 Å². The molecule has 1 aromatic heterocycles. The molecule has 4 N–H and O–H groups in total. The van der Waals surface area contributed by atoms with Crippen LogP contribution in [0.25, 0.3) is 33.5 Å². The molecule has 1 fully saturated rings. The smallest absolute Gasteiger partial charge is 0.433 e. The fraction of sp³-hybridized carbons (Fsp3) is 0.400. The van der Waals surface area contributed by atoms with Crippen LogP contribution in [0.15, 0.2) is 87.2 Å². The maximum atomic E-state index is 14.0. The van der Waals surface area contributed by atoms with Gasteiger partial charge in [0.1, 0.15) is 27.8 Å². The number of H-pyrrole nitrogens is 1.